The van der Waals surface area contributed by atoms with Gasteiger partial charge in [-0.25, -0.2) is 0 Å². The van der Waals surface area contributed by atoms with E-state index < -0.39 is 0 Å². The number of hydrogen-bond acceptors (Lipinski definition) is 1. The molecule has 0 unspecified atom stereocenters. The van der Waals surface area contributed by atoms with E-state index in [4.69, 9.17) is 5.73 Å². The van der Waals surface area contributed by atoms with Gasteiger partial charge in [-0.1, -0.05) is 28.1 Å². The molecule has 0 amide bonds. The standard InChI is InChI=1S/C13H18BrN/c1-10(15)6-7-13(8-9-13)11-2-4-12(14)5-3-11/h2-5,10H,6-9,15H2,1H3/t10-/m1/s1. The van der Waals surface area contributed by atoms with Crippen LogP contribution in [0.3, 0.4) is 0 Å². The van der Waals surface area contributed by atoms with Crippen LogP contribution in [-0.2, 0) is 5.41 Å². The lowest BCUT2D eigenvalue weighted by Crippen LogP contribution is -2.18. The van der Waals surface area contributed by atoms with E-state index in [1.165, 1.54) is 24.8 Å². The molecule has 0 aromatic heterocycles. The molecule has 0 heterocycles. The molecule has 1 aromatic rings. The maximum atomic E-state index is 5.82. The molecule has 1 aromatic carbocycles. The first-order valence-corrected chi connectivity index (χ1v) is 6.43. The fourth-order valence-corrected chi connectivity index (χ4v) is 2.41. The van der Waals surface area contributed by atoms with Crippen LogP contribution in [0.2, 0.25) is 0 Å². The molecule has 1 aliphatic rings. The normalized spacial score (nSPS) is 19.9. The van der Waals surface area contributed by atoms with Crippen LogP contribution in [-0.4, -0.2) is 6.04 Å². The lowest BCUT2D eigenvalue weighted by atomic mass is 9.90. The van der Waals surface area contributed by atoms with Crippen molar-refractivity contribution in [3.8, 4) is 0 Å². The monoisotopic (exact) mass is 267 g/mol. The molecule has 15 heavy (non-hydrogen) atoms. The molecule has 0 saturated heterocycles. The first-order chi connectivity index (χ1) is 7.12. The van der Waals surface area contributed by atoms with Crippen molar-refractivity contribution in [2.24, 2.45) is 5.73 Å². The number of benzene rings is 1. The highest BCUT2D eigenvalue weighted by Crippen LogP contribution is 2.51. The van der Waals surface area contributed by atoms with E-state index in [2.05, 4.69) is 47.1 Å². The zero-order valence-corrected chi connectivity index (χ0v) is 10.8. The number of nitrogens with two attached hydrogens (primary N) is 1. The van der Waals surface area contributed by atoms with Crippen molar-refractivity contribution in [1.29, 1.82) is 0 Å². The lowest BCUT2D eigenvalue weighted by molar-refractivity contribution is 0.533. The molecule has 1 nitrogen and oxygen atoms in total. The topological polar surface area (TPSA) is 26.0 Å². The van der Waals surface area contributed by atoms with Crippen LogP contribution in [0.4, 0.5) is 0 Å². The maximum absolute atomic E-state index is 5.82. The van der Waals surface area contributed by atoms with Crippen LogP contribution in [0.15, 0.2) is 28.7 Å². The van der Waals surface area contributed by atoms with E-state index in [0.29, 0.717) is 11.5 Å². The van der Waals surface area contributed by atoms with Gasteiger partial charge in [-0.3, -0.25) is 0 Å². The van der Waals surface area contributed by atoms with Crippen LogP contribution in [0.25, 0.3) is 0 Å². The Kier molecular flexibility index (Phi) is 3.17. The van der Waals surface area contributed by atoms with Crippen LogP contribution in [0.1, 0.15) is 38.2 Å². The zero-order chi connectivity index (χ0) is 10.9. The van der Waals surface area contributed by atoms with Gasteiger partial charge >= 0.3 is 0 Å². The summed E-state index contributed by atoms with van der Waals surface area (Å²) < 4.78 is 1.16. The summed E-state index contributed by atoms with van der Waals surface area (Å²) in [7, 11) is 0. The second kappa shape index (κ2) is 4.26. The lowest BCUT2D eigenvalue weighted by Gasteiger charge is -2.17. The van der Waals surface area contributed by atoms with E-state index in [1.807, 2.05) is 0 Å². The molecular weight excluding hydrogens is 250 g/mol. The molecule has 0 spiro atoms. The first-order valence-electron chi connectivity index (χ1n) is 5.64. The molecule has 2 N–H and O–H groups in total. The fraction of sp³-hybridized carbons (Fsp3) is 0.538. The quantitative estimate of drug-likeness (QED) is 0.887. The summed E-state index contributed by atoms with van der Waals surface area (Å²) in [4.78, 5) is 0. The molecule has 1 saturated carbocycles. The van der Waals surface area contributed by atoms with Gasteiger partial charge in [0.2, 0.25) is 0 Å². The summed E-state index contributed by atoms with van der Waals surface area (Å²) in [6.45, 7) is 2.09. The van der Waals surface area contributed by atoms with Gasteiger partial charge in [0.1, 0.15) is 0 Å². The summed E-state index contributed by atoms with van der Waals surface area (Å²) in [5.74, 6) is 0. The SMILES string of the molecule is C[C@@H](N)CCC1(c2ccc(Br)cc2)CC1. The van der Waals surface area contributed by atoms with Crippen molar-refractivity contribution in [2.75, 3.05) is 0 Å². The third kappa shape index (κ3) is 2.61. The highest BCUT2D eigenvalue weighted by Gasteiger charge is 2.43. The zero-order valence-electron chi connectivity index (χ0n) is 9.17. The van der Waals surface area contributed by atoms with E-state index in [-0.39, 0.29) is 0 Å². The first kappa shape index (κ1) is 11.2. The van der Waals surface area contributed by atoms with Crippen LogP contribution < -0.4 is 5.73 Å². The third-order valence-electron chi connectivity index (χ3n) is 3.39. The molecule has 0 bridgehead atoms. The van der Waals surface area contributed by atoms with E-state index in [0.717, 1.165) is 10.9 Å². The second-order valence-electron chi connectivity index (χ2n) is 4.80. The van der Waals surface area contributed by atoms with Crippen molar-refractivity contribution < 1.29 is 0 Å². The van der Waals surface area contributed by atoms with Gasteiger partial charge in [-0.15, -0.1) is 0 Å². The van der Waals surface area contributed by atoms with Gasteiger partial charge in [0.15, 0.2) is 0 Å². The minimum absolute atomic E-state index is 0.331. The molecule has 1 atom stereocenters. The third-order valence-corrected chi connectivity index (χ3v) is 3.92. The predicted molar refractivity (Wildman–Crippen MR) is 67.9 cm³/mol. The number of rotatable bonds is 4. The summed E-state index contributed by atoms with van der Waals surface area (Å²) >= 11 is 3.47. The minimum Gasteiger partial charge on any atom is -0.328 e. The van der Waals surface area contributed by atoms with Crippen LogP contribution >= 0.6 is 15.9 Å². The summed E-state index contributed by atoms with van der Waals surface area (Å²) in [6.07, 6.45) is 5.05. The Morgan fingerprint density at radius 3 is 2.40 bits per heavy atom. The van der Waals surface area contributed by atoms with Crippen molar-refractivity contribution in [3.05, 3.63) is 34.3 Å². The Morgan fingerprint density at radius 1 is 1.33 bits per heavy atom. The number of halogens is 1. The smallest absolute Gasteiger partial charge is 0.0175 e. The Bertz CT molecular complexity index is 325. The fourth-order valence-electron chi connectivity index (χ4n) is 2.14. The molecular formula is C13H18BrN. The van der Waals surface area contributed by atoms with Crippen molar-refractivity contribution >= 4 is 15.9 Å². The van der Waals surface area contributed by atoms with Gasteiger partial charge in [0.05, 0.1) is 0 Å². The second-order valence-corrected chi connectivity index (χ2v) is 5.72. The van der Waals surface area contributed by atoms with Crippen molar-refractivity contribution in [2.45, 2.75) is 44.1 Å². The minimum atomic E-state index is 0.331. The largest absolute Gasteiger partial charge is 0.328 e. The van der Waals surface area contributed by atoms with Gasteiger partial charge in [0.25, 0.3) is 0 Å². The van der Waals surface area contributed by atoms with Crippen molar-refractivity contribution in [1.82, 2.24) is 0 Å². The Balaban J connectivity index is 2.06. The van der Waals surface area contributed by atoms with Crippen LogP contribution in [0, 0.1) is 0 Å². The highest BCUT2D eigenvalue weighted by atomic mass is 79.9. The van der Waals surface area contributed by atoms with E-state index >= 15 is 0 Å². The summed E-state index contributed by atoms with van der Waals surface area (Å²) in [6, 6.07) is 9.11. The Labute approximate surface area is 100 Å². The summed E-state index contributed by atoms with van der Waals surface area (Å²) in [5.41, 5.74) is 7.78. The predicted octanol–water partition coefficient (Wildman–Crippen LogP) is 3.61. The van der Waals surface area contributed by atoms with E-state index in [9.17, 15) is 0 Å². The Morgan fingerprint density at radius 2 is 1.93 bits per heavy atom. The van der Waals surface area contributed by atoms with Crippen molar-refractivity contribution in [3.63, 3.8) is 0 Å². The average molecular weight is 268 g/mol. The number of hydrogen-bond donors (Lipinski definition) is 1. The molecule has 82 valence electrons. The molecule has 1 aliphatic carbocycles. The molecule has 0 radical (unpaired) electrons. The van der Waals surface area contributed by atoms with Crippen LogP contribution in [0.5, 0.6) is 0 Å². The van der Waals surface area contributed by atoms with Gasteiger partial charge < -0.3 is 5.73 Å². The molecule has 0 aliphatic heterocycles. The molecule has 2 rings (SSSR count). The van der Waals surface area contributed by atoms with Gasteiger partial charge in [-0.05, 0) is 55.7 Å². The highest BCUT2D eigenvalue weighted by molar-refractivity contribution is 9.10. The molecule has 2 heteroatoms. The average Bonchev–Trinajstić information content (AvgIpc) is 2.97. The Hall–Kier alpha value is -0.340. The van der Waals surface area contributed by atoms with Gasteiger partial charge in [0, 0.05) is 10.5 Å². The summed E-state index contributed by atoms with van der Waals surface area (Å²) in [5, 5.41) is 0. The maximum Gasteiger partial charge on any atom is 0.0175 e. The van der Waals surface area contributed by atoms with E-state index in [1.54, 1.807) is 0 Å². The van der Waals surface area contributed by atoms with Gasteiger partial charge in [-0.2, -0.15) is 0 Å². The molecule has 1 fully saturated rings.